The predicted molar refractivity (Wildman–Crippen MR) is 115 cm³/mol. The third-order valence-electron chi connectivity index (χ3n) is 4.74. The fourth-order valence-corrected chi connectivity index (χ4v) is 3.18. The number of ketones is 1. The molecule has 0 saturated carbocycles. The topological polar surface area (TPSA) is 79.7 Å². The molecule has 6 nitrogen and oxygen atoms in total. The lowest BCUT2D eigenvalue weighted by Crippen LogP contribution is -2.31. The number of para-hydroxylation sites is 2. The Kier molecular flexibility index (Phi) is 6.80. The Morgan fingerprint density at radius 1 is 1.03 bits per heavy atom. The van der Waals surface area contributed by atoms with Crippen LogP contribution in [0.2, 0.25) is 0 Å². The van der Waals surface area contributed by atoms with Gasteiger partial charge in [-0.2, -0.15) is 0 Å². The third-order valence-corrected chi connectivity index (χ3v) is 4.74. The molecular formula is C24H24N2O4. The number of aromatic hydroxyl groups is 1. The zero-order valence-electron chi connectivity index (χ0n) is 17.0. The van der Waals surface area contributed by atoms with Crippen molar-refractivity contribution in [3.05, 3.63) is 83.7 Å². The molecule has 0 bridgehead atoms. The highest BCUT2D eigenvalue weighted by Crippen LogP contribution is 2.29. The van der Waals surface area contributed by atoms with Crippen molar-refractivity contribution in [2.45, 2.75) is 26.3 Å². The van der Waals surface area contributed by atoms with E-state index in [1.807, 2.05) is 25.1 Å². The smallest absolute Gasteiger partial charge is 0.227 e. The minimum atomic E-state index is -0.276. The van der Waals surface area contributed by atoms with Crippen molar-refractivity contribution >= 4 is 17.4 Å². The molecule has 0 unspecified atom stereocenters. The van der Waals surface area contributed by atoms with E-state index < -0.39 is 0 Å². The van der Waals surface area contributed by atoms with Crippen LogP contribution >= 0.6 is 0 Å². The fourth-order valence-electron chi connectivity index (χ4n) is 3.18. The van der Waals surface area contributed by atoms with Crippen molar-refractivity contribution in [2.24, 2.45) is 0 Å². The van der Waals surface area contributed by atoms with Crippen molar-refractivity contribution in [3.8, 4) is 11.5 Å². The van der Waals surface area contributed by atoms with E-state index >= 15 is 0 Å². The number of rotatable bonds is 8. The third kappa shape index (κ3) is 5.03. The molecule has 154 valence electrons. The van der Waals surface area contributed by atoms with Crippen LogP contribution < -0.4 is 9.64 Å². The van der Waals surface area contributed by atoms with Crippen molar-refractivity contribution < 1.29 is 19.4 Å². The molecule has 6 heteroatoms. The van der Waals surface area contributed by atoms with Gasteiger partial charge in [0.15, 0.2) is 5.78 Å². The van der Waals surface area contributed by atoms with Crippen LogP contribution in [0.4, 0.5) is 5.69 Å². The Bertz CT molecular complexity index is 1030. The molecule has 1 heterocycles. The number of Topliss-reactive ketones (excluding diaryl/α,β-unsaturated/α-hetero) is 1. The van der Waals surface area contributed by atoms with Gasteiger partial charge in [0.25, 0.3) is 0 Å². The number of phenolic OH excluding ortho intramolecular Hbond substituents is 1. The largest absolute Gasteiger partial charge is 0.506 e. The number of amides is 1. The first-order chi connectivity index (χ1) is 14.5. The standard InChI is InChI=1S/C24H24N2O4/c1-17-10-12-23(30-2)19(15-17)21(27)11-13-24(29)26(16-18-7-5-6-14-25-18)20-8-3-4-9-22(20)28/h3-10,12,14-15,28H,11,13,16H2,1-2H3. The average molecular weight is 404 g/mol. The molecule has 0 saturated heterocycles. The van der Waals surface area contributed by atoms with Crippen molar-refractivity contribution in [1.29, 1.82) is 0 Å². The van der Waals surface area contributed by atoms with Gasteiger partial charge in [0.1, 0.15) is 11.5 Å². The first kappa shape index (κ1) is 21.0. The number of methoxy groups -OCH3 is 1. The summed E-state index contributed by atoms with van der Waals surface area (Å²) in [6, 6.07) is 17.5. The van der Waals surface area contributed by atoms with Gasteiger partial charge in [-0.1, -0.05) is 29.8 Å². The van der Waals surface area contributed by atoms with Gasteiger partial charge in [-0.3, -0.25) is 14.6 Å². The molecule has 0 atom stereocenters. The molecule has 30 heavy (non-hydrogen) atoms. The molecule has 0 aliphatic carbocycles. The molecule has 3 rings (SSSR count). The van der Waals surface area contributed by atoms with Crippen molar-refractivity contribution in [3.63, 3.8) is 0 Å². The Morgan fingerprint density at radius 3 is 2.50 bits per heavy atom. The van der Waals surface area contributed by atoms with Gasteiger partial charge in [-0.15, -0.1) is 0 Å². The second kappa shape index (κ2) is 9.69. The molecule has 0 radical (unpaired) electrons. The Labute approximate surface area is 175 Å². The zero-order chi connectivity index (χ0) is 21.5. The molecule has 0 aliphatic heterocycles. The summed E-state index contributed by atoms with van der Waals surface area (Å²) in [7, 11) is 1.51. The van der Waals surface area contributed by atoms with E-state index in [0.717, 1.165) is 5.56 Å². The summed E-state index contributed by atoms with van der Waals surface area (Å²) in [5.74, 6) is 0.0404. The number of benzene rings is 2. The maximum atomic E-state index is 13.1. The summed E-state index contributed by atoms with van der Waals surface area (Å²) in [5, 5.41) is 10.3. The van der Waals surface area contributed by atoms with Crippen LogP contribution in [-0.2, 0) is 11.3 Å². The molecule has 0 aliphatic rings. The summed E-state index contributed by atoms with van der Waals surface area (Å²) >= 11 is 0. The number of aromatic nitrogens is 1. The lowest BCUT2D eigenvalue weighted by atomic mass is 10.0. The number of anilines is 1. The van der Waals surface area contributed by atoms with E-state index in [0.29, 0.717) is 22.7 Å². The van der Waals surface area contributed by atoms with Crippen LogP contribution in [0.5, 0.6) is 11.5 Å². The maximum Gasteiger partial charge on any atom is 0.227 e. The van der Waals surface area contributed by atoms with Crippen LogP contribution in [0.3, 0.4) is 0 Å². The number of pyridine rings is 1. The first-order valence-electron chi connectivity index (χ1n) is 9.65. The average Bonchev–Trinajstić information content (AvgIpc) is 2.77. The zero-order valence-corrected chi connectivity index (χ0v) is 17.0. The van der Waals surface area contributed by atoms with E-state index in [1.54, 1.807) is 42.6 Å². The van der Waals surface area contributed by atoms with Crippen LogP contribution in [0, 0.1) is 6.92 Å². The van der Waals surface area contributed by atoms with E-state index in [2.05, 4.69) is 4.98 Å². The van der Waals surface area contributed by atoms with E-state index in [1.165, 1.54) is 18.1 Å². The summed E-state index contributed by atoms with van der Waals surface area (Å²) in [4.78, 5) is 31.5. The van der Waals surface area contributed by atoms with Gasteiger partial charge in [0.2, 0.25) is 5.91 Å². The van der Waals surface area contributed by atoms with Gasteiger partial charge < -0.3 is 14.7 Å². The molecule has 1 amide bonds. The van der Waals surface area contributed by atoms with Gasteiger partial charge in [-0.05, 0) is 43.3 Å². The molecule has 3 aromatic rings. The highest BCUT2D eigenvalue weighted by Gasteiger charge is 2.21. The second-order valence-electron chi connectivity index (χ2n) is 6.92. The monoisotopic (exact) mass is 404 g/mol. The summed E-state index contributed by atoms with van der Waals surface area (Å²) in [6.45, 7) is 2.09. The number of aryl methyl sites for hydroxylation is 1. The number of hydrogen-bond acceptors (Lipinski definition) is 5. The number of hydrogen-bond donors (Lipinski definition) is 1. The molecule has 0 fully saturated rings. The van der Waals surface area contributed by atoms with Crippen LogP contribution in [0.15, 0.2) is 66.9 Å². The fraction of sp³-hybridized carbons (Fsp3) is 0.208. The van der Waals surface area contributed by atoms with Gasteiger partial charge in [-0.25, -0.2) is 0 Å². The Hall–Kier alpha value is -3.67. The second-order valence-corrected chi connectivity index (χ2v) is 6.92. The van der Waals surface area contributed by atoms with Crippen LogP contribution in [0.25, 0.3) is 0 Å². The molecule has 0 spiro atoms. The van der Waals surface area contributed by atoms with Crippen molar-refractivity contribution in [1.82, 2.24) is 4.98 Å². The Morgan fingerprint density at radius 2 is 1.80 bits per heavy atom. The number of nitrogens with zero attached hydrogens (tertiary/aromatic N) is 2. The molecule has 1 N–H and O–H groups in total. The molecule has 2 aromatic carbocycles. The number of phenols is 1. The van der Waals surface area contributed by atoms with Gasteiger partial charge in [0.05, 0.1) is 30.6 Å². The summed E-state index contributed by atoms with van der Waals surface area (Å²) in [6.07, 6.45) is 1.68. The van der Waals surface area contributed by atoms with E-state index in [-0.39, 0.29) is 36.8 Å². The predicted octanol–water partition coefficient (Wildman–Crippen LogP) is 4.30. The first-order valence-corrected chi connectivity index (χ1v) is 9.65. The highest BCUT2D eigenvalue weighted by atomic mass is 16.5. The number of ether oxygens (including phenoxy) is 1. The number of carbonyl (C=O) groups is 2. The normalized spacial score (nSPS) is 10.5. The van der Waals surface area contributed by atoms with Gasteiger partial charge in [0, 0.05) is 19.0 Å². The quantitative estimate of drug-likeness (QED) is 0.566. The number of carbonyl (C=O) groups excluding carboxylic acids is 2. The van der Waals surface area contributed by atoms with Crippen LogP contribution in [-0.4, -0.2) is 28.9 Å². The highest BCUT2D eigenvalue weighted by molar-refractivity contribution is 6.02. The maximum absolute atomic E-state index is 13.1. The summed E-state index contributed by atoms with van der Waals surface area (Å²) in [5.41, 5.74) is 2.47. The summed E-state index contributed by atoms with van der Waals surface area (Å²) < 4.78 is 5.28. The van der Waals surface area contributed by atoms with Gasteiger partial charge >= 0.3 is 0 Å². The minimum absolute atomic E-state index is 0.00288. The van der Waals surface area contributed by atoms with E-state index in [4.69, 9.17) is 4.74 Å². The molecule has 1 aromatic heterocycles. The van der Waals surface area contributed by atoms with Crippen molar-refractivity contribution in [2.75, 3.05) is 12.0 Å². The SMILES string of the molecule is COc1ccc(C)cc1C(=O)CCC(=O)N(Cc1ccccn1)c1ccccc1O. The van der Waals surface area contributed by atoms with E-state index in [9.17, 15) is 14.7 Å². The minimum Gasteiger partial charge on any atom is -0.506 e. The molecular weight excluding hydrogens is 380 g/mol. The van der Waals surface area contributed by atoms with Crippen LogP contribution in [0.1, 0.15) is 34.5 Å². The Balaban J connectivity index is 1.79. The lowest BCUT2D eigenvalue weighted by molar-refractivity contribution is -0.118. The lowest BCUT2D eigenvalue weighted by Gasteiger charge is -2.23.